The molecular formula is C18H26N3O2+. The second-order valence-corrected chi connectivity index (χ2v) is 6.86. The molecule has 0 bridgehead atoms. The van der Waals surface area contributed by atoms with Gasteiger partial charge in [-0.25, -0.2) is 0 Å². The van der Waals surface area contributed by atoms with Gasteiger partial charge in [-0.1, -0.05) is 24.3 Å². The van der Waals surface area contributed by atoms with Gasteiger partial charge in [0.15, 0.2) is 13.1 Å². The number of aryl methyl sites for hydroxylation is 1. The molecule has 5 nitrogen and oxygen atoms in total. The zero-order valence-corrected chi connectivity index (χ0v) is 13.7. The summed E-state index contributed by atoms with van der Waals surface area (Å²) in [6.45, 7) is 0.682. The van der Waals surface area contributed by atoms with Crippen molar-refractivity contribution in [3.63, 3.8) is 0 Å². The molecule has 1 unspecified atom stereocenters. The molecule has 2 atom stereocenters. The van der Waals surface area contributed by atoms with Crippen LogP contribution in [0.5, 0.6) is 0 Å². The Morgan fingerprint density at radius 3 is 2.52 bits per heavy atom. The Balaban J connectivity index is 1.48. The Morgan fingerprint density at radius 2 is 1.78 bits per heavy atom. The summed E-state index contributed by atoms with van der Waals surface area (Å²) < 4.78 is 0. The number of amides is 2. The number of quaternary nitrogens is 1. The second-order valence-electron chi connectivity index (χ2n) is 6.86. The third-order valence-electron chi connectivity index (χ3n) is 4.57. The van der Waals surface area contributed by atoms with Crippen molar-refractivity contribution in [1.82, 2.24) is 10.6 Å². The predicted molar refractivity (Wildman–Crippen MR) is 88.0 cm³/mol. The van der Waals surface area contributed by atoms with Gasteiger partial charge in [0.25, 0.3) is 11.8 Å². The molecule has 1 aromatic carbocycles. The maximum atomic E-state index is 12.3. The average Bonchev–Trinajstić information content (AvgIpc) is 3.31. The molecule has 1 aromatic rings. The van der Waals surface area contributed by atoms with Crippen LogP contribution in [0.3, 0.4) is 0 Å². The second kappa shape index (κ2) is 7.13. The summed E-state index contributed by atoms with van der Waals surface area (Å²) in [5, 5.41) is 6.10. The number of carbonyl (C=O) groups is 2. The molecule has 2 aliphatic carbocycles. The van der Waals surface area contributed by atoms with E-state index in [1.165, 1.54) is 11.1 Å². The lowest BCUT2D eigenvalue weighted by atomic mass is 9.88. The maximum Gasteiger partial charge on any atom is 0.275 e. The van der Waals surface area contributed by atoms with Crippen molar-refractivity contribution < 1.29 is 14.5 Å². The first-order valence-corrected chi connectivity index (χ1v) is 8.59. The van der Waals surface area contributed by atoms with Crippen molar-refractivity contribution in [3.8, 4) is 0 Å². The molecule has 3 rings (SSSR count). The average molecular weight is 316 g/mol. The number of hydrogen-bond donors (Lipinski definition) is 3. The summed E-state index contributed by atoms with van der Waals surface area (Å²) in [6.07, 6.45) is 5.37. The topological polar surface area (TPSA) is 62.6 Å². The largest absolute Gasteiger partial charge is 0.348 e. The van der Waals surface area contributed by atoms with Gasteiger partial charge in [-0.15, -0.1) is 0 Å². The molecule has 124 valence electrons. The van der Waals surface area contributed by atoms with Crippen LogP contribution in [-0.2, 0) is 16.0 Å². The third kappa shape index (κ3) is 4.55. The summed E-state index contributed by atoms with van der Waals surface area (Å²) in [7, 11) is 1.89. The number of likely N-dealkylation sites (N-methyl/N-ethyl adjacent to an activating group) is 1. The minimum absolute atomic E-state index is 0.0171. The van der Waals surface area contributed by atoms with Gasteiger partial charge in [0.1, 0.15) is 0 Å². The normalized spacial score (nSPS) is 21.2. The summed E-state index contributed by atoms with van der Waals surface area (Å²) in [6, 6.07) is 8.83. The number of carbonyl (C=O) groups excluding carboxylic acids is 2. The lowest BCUT2D eigenvalue weighted by molar-refractivity contribution is -0.862. The number of rotatable bonds is 6. The number of nitrogens with one attached hydrogen (secondary N) is 3. The molecule has 0 aromatic heterocycles. The number of benzene rings is 1. The SMILES string of the molecule is C[NH+](CC(=O)NC1CC1)CC(=O)N[C@@H]1CCCc2ccccc21. The van der Waals surface area contributed by atoms with Gasteiger partial charge in [-0.3, -0.25) is 9.59 Å². The molecule has 0 aliphatic heterocycles. The molecule has 0 spiro atoms. The van der Waals surface area contributed by atoms with Crippen molar-refractivity contribution in [2.45, 2.75) is 44.2 Å². The lowest BCUT2D eigenvalue weighted by Crippen LogP contribution is -3.11. The summed E-state index contributed by atoms with van der Waals surface area (Å²) in [5.41, 5.74) is 2.59. The van der Waals surface area contributed by atoms with Crippen LogP contribution in [0.1, 0.15) is 42.9 Å². The standard InChI is InChI=1S/C18H25N3O2/c1-21(11-17(22)19-14-9-10-14)12-18(23)20-16-8-4-6-13-5-2-3-7-15(13)16/h2-3,5,7,14,16H,4,6,8-12H2,1H3,(H,19,22)(H,20,23)/p+1/t16-/m1/s1. The fraction of sp³-hybridized carbons (Fsp3) is 0.556. The third-order valence-corrected chi connectivity index (χ3v) is 4.57. The van der Waals surface area contributed by atoms with E-state index in [0.29, 0.717) is 19.1 Å². The van der Waals surface area contributed by atoms with Crippen molar-refractivity contribution in [3.05, 3.63) is 35.4 Å². The van der Waals surface area contributed by atoms with Gasteiger partial charge in [-0.05, 0) is 43.2 Å². The van der Waals surface area contributed by atoms with Crippen molar-refractivity contribution in [2.24, 2.45) is 0 Å². The van der Waals surface area contributed by atoms with Crippen molar-refractivity contribution in [2.75, 3.05) is 20.1 Å². The van der Waals surface area contributed by atoms with E-state index >= 15 is 0 Å². The molecule has 0 radical (unpaired) electrons. The maximum absolute atomic E-state index is 12.3. The van der Waals surface area contributed by atoms with Gasteiger partial charge in [0.05, 0.1) is 13.1 Å². The van der Waals surface area contributed by atoms with Gasteiger partial charge in [-0.2, -0.15) is 0 Å². The van der Waals surface area contributed by atoms with E-state index in [0.717, 1.165) is 37.0 Å². The predicted octanol–water partition coefficient (Wildman–Crippen LogP) is -0.0265. The van der Waals surface area contributed by atoms with E-state index in [-0.39, 0.29) is 17.9 Å². The molecular weight excluding hydrogens is 290 g/mol. The minimum atomic E-state index is 0.0171. The van der Waals surface area contributed by atoms with Crippen LogP contribution >= 0.6 is 0 Å². The lowest BCUT2D eigenvalue weighted by Gasteiger charge is -2.26. The Hall–Kier alpha value is -1.88. The van der Waals surface area contributed by atoms with Crippen molar-refractivity contribution >= 4 is 11.8 Å². The minimum Gasteiger partial charge on any atom is -0.348 e. The van der Waals surface area contributed by atoms with Gasteiger partial charge in [0, 0.05) is 6.04 Å². The van der Waals surface area contributed by atoms with E-state index < -0.39 is 0 Å². The summed E-state index contributed by atoms with van der Waals surface area (Å²) in [5.74, 6) is 0.0595. The molecule has 1 saturated carbocycles. The Labute approximate surface area is 137 Å². The Kier molecular flexibility index (Phi) is 4.96. The van der Waals surface area contributed by atoms with Gasteiger partial charge >= 0.3 is 0 Å². The fourth-order valence-electron chi connectivity index (χ4n) is 3.27. The van der Waals surface area contributed by atoms with Gasteiger partial charge < -0.3 is 15.5 Å². The van der Waals surface area contributed by atoms with E-state index in [1.54, 1.807) is 0 Å². The van der Waals surface area contributed by atoms with Gasteiger partial charge in [0.2, 0.25) is 0 Å². The van der Waals surface area contributed by atoms with Crippen LogP contribution in [0, 0.1) is 0 Å². The Bertz CT molecular complexity index is 583. The summed E-state index contributed by atoms with van der Waals surface area (Å²) >= 11 is 0. The molecule has 0 heterocycles. The molecule has 0 saturated heterocycles. The monoisotopic (exact) mass is 316 g/mol. The van der Waals surface area contributed by atoms with E-state index in [1.807, 2.05) is 13.1 Å². The highest BCUT2D eigenvalue weighted by molar-refractivity contribution is 5.79. The fourth-order valence-corrected chi connectivity index (χ4v) is 3.27. The molecule has 2 aliphatic rings. The molecule has 5 heteroatoms. The van der Waals surface area contributed by atoms with Crippen LogP contribution in [0.4, 0.5) is 0 Å². The highest BCUT2D eigenvalue weighted by atomic mass is 16.2. The van der Waals surface area contributed by atoms with Crippen LogP contribution in [0.15, 0.2) is 24.3 Å². The summed E-state index contributed by atoms with van der Waals surface area (Å²) in [4.78, 5) is 25.0. The molecule has 3 N–H and O–H groups in total. The quantitative estimate of drug-likeness (QED) is 0.690. The van der Waals surface area contributed by atoms with Crippen LogP contribution < -0.4 is 15.5 Å². The zero-order valence-electron chi connectivity index (χ0n) is 13.7. The molecule has 1 fully saturated rings. The van der Waals surface area contributed by atoms with Crippen molar-refractivity contribution in [1.29, 1.82) is 0 Å². The number of hydrogen-bond acceptors (Lipinski definition) is 2. The van der Waals surface area contributed by atoms with E-state index in [9.17, 15) is 9.59 Å². The first-order valence-electron chi connectivity index (χ1n) is 8.59. The molecule has 2 amide bonds. The van der Waals surface area contributed by atoms with Crippen LogP contribution in [-0.4, -0.2) is 38.0 Å². The van der Waals surface area contributed by atoms with Crippen LogP contribution in [0.25, 0.3) is 0 Å². The van der Waals surface area contributed by atoms with E-state index in [2.05, 4.69) is 28.8 Å². The highest BCUT2D eigenvalue weighted by Gasteiger charge is 2.26. The zero-order chi connectivity index (χ0) is 16.2. The van der Waals surface area contributed by atoms with Crippen LogP contribution in [0.2, 0.25) is 0 Å². The highest BCUT2D eigenvalue weighted by Crippen LogP contribution is 2.29. The first kappa shape index (κ1) is 16.0. The Morgan fingerprint density at radius 1 is 1.09 bits per heavy atom. The van der Waals surface area contributed by atoms with E-state index in [4.69, 9.17) is 0 Å². The molecule has 23 heavy (non-hydrogen) atoms. The number of fused-ring (bicyclic) bond motifs is 1. The first-order chi connectivity index (χ1) is 11.1. The smallest absolute Gasteiger partial charge is 0.275 e.